The van der Waals surface area contributed by atoms with Gasteiger partial charge in [0.25, 0.3) is 0 Å². The van der Waals surface area contributed by atoms with E-state index in [0.29, 0.717) is 0 Å². The van der Waals surface area contributed by atoms with Crippen LogP contribution >= 0.6 is 0 Å². The van der Waals surface area contributed by atoms with Crippen LogP contribution in [0, 0.1) is 5.41 Å². The highest BCUT2D eigenvalue weighted by Gasteiger charge is 2.20. The van der Waals surface area contributed by atoms with Gasteiger partial charge in [0, 0.05) is 5.41 Å². The number of hydrogen-bond donors (Lipinski definition) is 1. The van der Waals surface area contributed by atoms with E-state index in [0.717, 1.165) is 0 Å². The summed E-state index contributed by atoms with van der Waals surface area (Å²) in [5.41, 5.74) is -0.248. The zero-order valence-corrected chi connectivity index (χ0v) is 6.09. The van der Waals surface area contributed by atoms with Crippen molar-refractivity contribution in [2.75, 3.05) is 0 Å². The summed E-state index contributed by atoms with van der Waals surface area (Å²) in [6.07, 6.45) is 2.75. The lowest BCUT2D eigenvalue weighted by Gasteiger charge is -2.23. The Morgan fingerprint density at radius 2 is 1.89 bits per heavy atom. The van der Waals surface area contributed by atoms with Gasteiger partial charge in [-0.15, -0.1) is 13.2 Å². The largest absolute Gasteiger partial charge is 0.388 e. The van der Waals surface area contributed by atoms with Gasteiger partial charge in [-0.1, -0.05) is 26.0 Å². The predicted octanol–water partition coefficient (Wildman–Crippen LogP) is 1.75. The van der Waals surface area contributed by atoms with Crippen molar-refractivity contribution in [1.29, 1.82) is 0 Å². The van der Waals surface area contributed by atoms with Gasteiger partial charge in [-0.05, 0) is 0 Å². The quantitative estimate of drug-likeness (QED) is 0.571. The van der Waals surface area contributed by atoms with Crippen LogP contribution in [0.25, 0.3) is 0 Å². The molecule has 1 heteroatoms. The second-order valence-electron chi connectivity index (χ2n) is 2.71. The fourth-order valence-electron chi connectivity index (χ4n) is 0.424. The Morgan fingerprint density at radius 3 is 2.00 bits per heavy atom. The van der Waals surface area contributed by atoms with Crippen LogP contribution in [0.15, 0.2) is 25.3 Å². The van der Waals surface area contributed by atoms with Gasteiger partial charge in [0.2, 0.25) is 0 Å². The minimum atomic E-state index is -0.491. The maximum Gasteiger partial charge on any atom is 0.0803 e. The van der Waals surface area contributed by atoms with Crippen LogP contribution in [0.1, 0.15) is 13.8 Å². The van der Waals surface area contributed by atoms with Crippen molar-refractivity contribution in [1.82, 2.24) is 0 Å². The molecule has 0 unspecified atom stereocenters. The average molecular weight is 126 g/mol. The first-order valence-corrected chi connectivity index (χ1v) is 2.99. The monoisotopic (exact) mass is 126 g/mol. The third kappa shape index (κ3) is 2.02. The summed E-state index contributed by atoms with van der Waals surface area (Å²) < 4.78 is 0. The van der Waals surface area contributed by atoms with Crippen LogP contribution in [0.3, 0.4) is 0 Å². The van der Waals surface area contributed by atoms with Crippen molar-refractivity contribution in [3.8, 4) is 0 Å². The molecule has 0 amide bonds. The van der Waals surface area contributed by atoms with Gasteiger partial charge >= 0.3 is 0 Å². The highest BCUT2D eigenvalue weighted by Crippen LogP contribution is 2.21. The molecular weight excluding hydrogens is 112 g/mol. The smallest absolute Gasteiger partial charge is 0.0803 e. The van der Waals surface area contributed by atoms with Crippen LogP contribution in [0.4, 0.5) is 0 Å². The van der Waals surface area contributed by atoms with Crippen molar-refractivity contribution in [3.63, 3.8) is 0 Å². The molecule has 1 N–H and O–H groups in total. The minimum absolute atomic E-state index is 0.248. The van der Waals surface area contributed by atoms with Crippen molar-refractivity contribution < 1.29 is 5.11 Å². The fraction of sp³-hybridized carbons (Fsp3) is 0.500. The Morgan fingerprint density at radius 1 is 1.44 bits per heavy atom. The molecule has 0 saturated heterocycles. The molecule has 0 bridgehead atoms. The van der Waals surface area contributed by atoms with Crippen molar-refractivity contribution in [2.45, 2.75) is 20.0 Å². The topological polar surface area (TPSA) is 20.2 Å². The van der Waals surface area contributed by atoms with Crippen LogP contribution in [-0.2, 0) is 0 Å². The predicted molar refractivity (Wildman–Crippen MR) is 40.2 cm³/mol. The molecule has 0 aliphatic heterocycles. The van der Waals surface area contributed by atoms with Gasteiger partial charge in [0.05, 0.1) is 6.10 Å². The summed E-state index contributed by atoms with van der Waals surface area (Å²) in [6, 6.07) is 0. The third-order valence-electron chi connectivity index (χ3n) is 1.51. The molecule has 0 rings (SSSR count). The van der Waals surface area contributed by atoms with Crippen molar-refractivity contribution >= 4 is 0 Å². The van der Waals surface area contributed by atoms with E-state index in [-0.39, 0.29) is 5.41 Å². The Kier molecular flexibility index (Phi) is 2.65. The molecule has 0 heterocycles. The lowest BCUT2D eigenvalue weighted by atomic mass is 9.87. The van der Waals surface area contributed by atoms with E-state index in [9.17, 15) is 5.11 Å². The van der Waals surface area contributed by atoms with Crippen LogP contribution < -0.4 is 0 Å². The molecule has 0 aromatic heterocycles. The molecule has 0 fully saturated rings. The Labute approximate surface area is 56.7 Å². The Balaban J connectivity index is 4.11. The molecule has 9 heavy (non-hydrogen) atoms. The van der Waals surface area contributed by atoms with Crippen LogP contribution in [-0.4, -0.2) is 11.2 Å². The molecular formula is C8H14O. The number of aliphatic hydroxyl groups excluding tert-OH is 1. The molecule has 1 atom stereocenters. The SMILES string of the molecule is C=C[C@H](O)C(C)(C)C=C. The first-order chi connectivity index (χ1) is 4.04. The van der Waals surface area contributed by atoms with E-state index >= 15 is 0 Å². The highest BCUT2D eigenvalue weighted by molar-refractivity contribution is 4.99. The Hall–Kier alpha value is -0.560. The van der Waals surface area contributed by atoms with E-state index in [2.05, 4.69) is 13.2 Å². The number of aliphatic hydroxyl groups is 1. The second kappa shape index (κ2) is 2.83. The molecule has 52 valence electrons. The molecule has 0 spiro atoms. The lowest BCUT2D eigenvalue weighted by Crippen LogP contribution is -2.24. The van der Waals surface area contributed by atoms with Crippen LogP contribution in [0.5, 0.6) is 0 Å². The maximum absolute atomic E-state index is 9.20. The summed E-state index contributed by atoms with van der Waals surface area (Å²) in [6.45, 7) is 10.9. The molecule has 0 aliphatic rings. The van der Waals surface area contributed by atoms with Gasteiger partial charge in [-0.25, -0.2) is 0 Å². The molecule has 0 aromatic carbocycles. The van der Waals surface area contributed by atoms with E-state index in [4.69, 9.17) is 0 Å². The van der Waals surface area contributed by atoms with Gasteiger partial charge in [-0.2, -0.15) is 0 Å². The van der Waals surface area contributed by atoms with E-state index in [1.165, 1.54) is 6.08 Å². The summed E-state index contributed by atoms with van der Waals surface area (Å²) >= 11 is 0. The number of rotatable bonds is 3. The molecule has 0 aliphatic carbocycles. The molecule has 1 nitrogen and oxygen atoms in total. The lowest BCUT2D eigenvalue weighted by molar-refractivity contribution is 0.126. The average Bonchev–Trinajstić information content (AvgIpc) is 1.86. The molecule has 0 aromatic rings. The van der Waals surface area contributed by atoms with Crippen LogP contribution in [0.2, 0.25) is 0 Å². The molecule has 0 radical (unpaired) electrons. The van der Waals surface area contributed by atoms with Gasteiger partial charge < -0.3 is 5.11 Å². The maximum atomic E-state index is 9.20. The first kappa shape index (κ1) is 8.44. The first-order valence-electron chi connectivity index (χ1n) is 2.99. The summed E-state index contributed by atoms with van der Waals surface area (Å²) in [5.74, 6) is 0. The van der Waals surface area contributed by atoms with E-state index in [1.807, 2.05) is 13.8 Å². The van der Waals surface area contributed by atoms with Gasteiger partial charge in [0.15, 0.2) is 0 Å². The van der Waals surface area contributed by atoms with Gasteiger partial charge in [0.1, 0.15) is 0 Å². The van der Waals surface area contributed by atoms with E-state index < -0.39 is 6.10 Å². The molecule has 0 saturated carbocycles. The van der Waals surface area contributed by atoms with Crippen molar-refractivity contribution in [3.05, 3.63) is 25.3 Å². The normalized spacial score (nSPS) is 14.6. The summed E-state index contributed by atoms with van der Waals surface area (Å²) in [5, 5.41) is 9.20. The third-order valence-corrected chi connectivity index (χ3v) is 1.51. The fourth-order valence-corrected chi connectivity index (χ4v) is 0.424. The zero-order valence-electron chi connectivity index (χ0n) is 6.09. The second-order valence-corrected chi connectivity index (χ2v) is 2.71. The van der Waals surface area contributed by atoms with Gasteiger partial charge in [-0.3, -0.25) is 0 Å². The highest BCUT2D eigenvalue weighted by atomic mass is 16.3. The standard InChI is InChI=1S/C8H14O/c1-5-7(9)8(3,4)6-2/h5-7,9H,1-2H2,3-4H3/t7-/m0/s1. The minimum Gasteiger partial charge on any atom is -0.388 e. The van der Waals surface area contributed by atoms with E-state index in [1.54, 1.807) is 6.08 Å². The Bertz CT molecular complexity index is 114. The summed E-state index contributed by atoms with van der Waals surface area (Å²) in [4.78, 5) is 0. The number of hydrogen-bond acceptors (Lipinski definition) is 1. The van der Waals surface area contributed by atoms with Crippen molar-refractivity contribution in [2.24, 2.45) is 5.41 Å². The zero-order chi connectivity index (χ0) is 7.49. The summed E-state index contributed by atoms with van der Waals surface area (Å²) in [7, 11) is 0.